The van der Waals surface area contributed by atoms with Gasteiger partial charge >= 0.3 is 0 Å². The number of nitrogen functional groups attached to an aromatic ring is 1. The molecule has 1 aromatic carbocycles. The number of anilines is 1. The van der Waals surface area contributed by atoms with E-state index in [1.54, 1.807) is 6.07 Å². The third-order valence-corrected chi connectivity index (χ3v) is 5.45. The minimum absolute atomic E-state index is 0.140. The number of thiazole rings is 1. The molecule has 0 atom stereocenters. The van der Waals surface area contributed by atoms with Gasteiger partial charge in [-0.05, 0) is 41.1 Å². The van der Waals surface area contributed by atoms with Crippen LogP contribution in [0.3, 0.4) is 0 Å². The van der Waals surface area contributed by atoms with Crippen molar-refractivity contribution in [2.45, 2.75) is 18.4 Å². The Morgan fingerprint density at radius 2 is 2.21 bits per heavy atom. The number of aryl methyl sites for hydroxylation is 1. The molecule has 102 valence electrons. The van der Waals surface area contributed by atoms with Crippen molar-refractivity contribution in [1.29, 1.82) is 0 Å². The summed E-state index contributed by atoms with van der Waals surface area (Å²) < 4.78 is 27.3. The van der Waals surface area contributed by atoms with Crippen molar-refractivity contribution < 1.29 is 8.42 Å². The zero-order chi connectivity index (χ0) is 14.0. The van der Waals surface area contributed by atoms with Gasteiger partial charge in [0.05, 0.1) is 11.4 Å². The zero-order valence-corrected chi connectivity index (χ0v) is 13.3. The molecule has 0 radical (unpaired) electrons. The summed E-state index contributed by atoms with van der Waals surface area (Å²) in [6, 6.07) is 4.52. The highest BCUT2D eigenvalue weighted by Gasteiger charge is 2.15. The summed E-state index contributed by atoms with van der Waals surface area (Å²) in [6.07, 6.45) is 0. The molecule has 8 heteroatoms. The van der Waals surface area contributed by atoms with E-state index in [-0.39, 0.29) is 11.4 Å². The third-order valence-electron chi connectivity index (χ3n) is 2.36. The molecule has 1 heterocycles. The molecule has 0 aliphatic heterocycles. The SMILES string of the molecule is Cc1csc(CNS(=O)(=O)c2ccc(Br)c(N)c2)n1. The summed E-state index contributed by atoms with van der Waals surface area (Å²) in [4.78, 5) is 4.34. The predicted molar refractivity (Wildman–Crippen MR) is 79.4 cm³/mol. The van der Waals surface area contributed by atoms with Crippen LogP contribution < -0.4 is 10.5 Å². The largest absolute Gasteiger partial charge is 0.398 e. The van der Waals surface area contributed by atoms with Crippen molar-refractivity contribution >= 4 is 43.0 Å². The van der Waals surface area contributed by atoms with Crippen molar-refractivity contribution in [3.05, 3.63) is 38.8 Å². The molecule has 0 unspecified atom stereocenters. The number of nitrogens with one attached hydrogen (secondary N) is 1. The number of hydrogen-bond acceptors (Lipinski definition) is 5. The van der Waals surface area contributed by atoms with Crippen LogP contribution in [-0.2, 0) is 16.6 Å². The van der Waals surface area contributed by atoms with Crippen LogP contribution in [0.5, 0.6) is 0 Å². The summed E-state index contributed by atoms with van der Waals surface area (Å²) in [5, 5.41) is 2.60. The lowest BCUT2D eigenvalue weighted by molar-refractivity contribution is 0.581. The molecule has 0 fully saturated rings. The van der Waals surface area contributed by atoms with Gasteiger partial charge in [-0.3, -0.25) is 0 Å². The maximum Gasteiger partial charge on any atom is 0.241 e. The van der Waals surface area contributed by atoms with E-state index < -0.39 is 10.0 Å². The number of halogens is 1. The molecule has 5 nitrogen and oxygen atoms in total. The Morgan fingerprint density at radius 3 is 2.79 bits per heavy atom. The first-order valence-electron chi connectivity index (χ1n) is 5.34. The van der Waals surface area contributed by atoms with Crippen LogP contribution in [0, 0.1) is 6.92 Å². The van der Waals surface area contributed by atoms with E-state index in [1.165, 1.54) is 23.5 Å². The second kappa shape index (κ2) is 5.58. The maximum absolute atomic E-state index is 12.1. The van der Waals surface area contributed by atoms with Gasteiger partial charge in [0.25, 0.3) is 0 Å². The smallest absolute Gasteiger partial charge is 0.241 e. The lowest BCUT2D eigenvalue weighted by Gasteiger charge is -2.06. The molecule has 0 saturated heterocycles. The Hall–Kier alpha value is -0.960. The quantitative estimate of drug-likeness (QED) is 0.818. The molecule has 2 aromatic rings. The van der Waals surface area contributed by atoms with Gasteiger partial charge in [-0.2, -0.15) is 0 Å². The molecular weight excluding hydrogens is 350 g/mol. The van der Waals surface area contributed by atoms with Gasteiger partial charge in [-0.25, -0.2) is 18.1 Å². The molecule has 0 amide bonds. The van der Waals surface area contributed by atoms with Crippen molar-refractivity contribution in [1.82, 2.24) is 9.71 Å². The van der Waals surface area contributed by atoms with E-state index >= 15 is 0 Å². The summed E-state index contributed by atoms with van der Waals surface area (Å²) in [5.41, 5.74) is 6.94. The van der Waals surface area contributed by atoms with Crippen molar-refractivity contribution in [3.8, 4) is 0 Å². The Morgan fingerprint density at radius 1 is 1.47 bits per heavy atom. The van der Waals surface area contributed by atoms with Crippen LogP contribution in [-0.4, -0.2) is 13.4 Å². The summed E-state index contributed by atoms with van der Waals surface area (Å²) >= 11 is 4.65. The molecule has 3 N–H and O–H groups in total. The number of rotatable bonds is 4. The standard InChI is InChI=1S/C11H12BrN3O2S2/c1-7-6-18-11(15-7)5-14-19(16,17)8-2-3-9(12)10(13)4-8/h2-4,6,14H,5,13H2,1H3. The van der Waals surface area contributed by atoms with E-state index in [9.17, 15) is 8.42 Å². The van der Waals surface area contributed by atoms with Gasteiger partial charge in [0.1, 0.15) is 5.01 Å². The van der Waals surface area contributed by atoms with Crippen LogP contribution in [0.15, 0.2) is 32.9 Å². The molecule has 2 rings (SSSR count). The average molecular weight is 362 g/mol. The number of nitrogens with two attached hydrogens (primary N) is 1. The second-order valence-corrected chi connectivity index (χ2v) is 7.45. The molecule has 0 bridgehead atoms. The van der Waals surface area contributed by atoms with Crippen LogP contribution in [0.4, 0.5) is 5.69 Å². The van der Waals surface area contributed by atoms with Crippen molar-refractivity contribution in [2.75, 3.05) is 5.73 Å². The second-order valence-electron chi connectivity index (χ2n) is 3.89. The van der Waals surface area contributed by atoms with Crippen molar-refractivity contribution in [3.63, 3.8) is 0 Å². The Bertz CT molecular complexity index is 698. The normalized spacial score (nSPS) is 11.7. The summed E-state index contributed by atoms with van der Waals surface area (Å²) in [5.74, 6) is 0. The minimum Gasteiger partial charge on any atom is -0.398 e. The number of benzene rings is 1. The molecule has 1 aromatic heterocycles. The first-order chi connectivity index (χ1) is 8.88. The molecule has 0 aliphatic rings. The van der Waals surface area contributed by atoms with E-state index in [2.05, 4.69) is 25.6 Å². The highest BCUT2D eigenvalue weighted by Crippen LogP contribution is 2.22. The zero-order valence-electron chi connectivity index (χ0n) is 10.1. The Labute approximate surface area is 124 Å². The van der Waals surface area contributed by atoms with Gasteiger partial charge in [0.15, 0.2) is 0 Å². The van der Waals surface area contributed by atoms with Crippen LogP contribution in [0.2, 0.25) is 0 Å². The maximum atomic E-state index is 12.1. The van der Waals surface area contributed by atoms with Crippen LogP contribution >= 0.6 is 27.3 Å². The van der Waals surface area contributed by atoms with Gasteiger partial charge in [0, 0.05) is 21.2 Å². The van der Waals surface area contributed by atoms with E-state index in [0.717, 1.165) is 10.7 Å². The predicted octanol–water partition coefficient (Wildman–Crippen LogP) is 2.27. The number of hydrogen-bond donors (Lipinski definition) is 2. The fourth-order valence-corrected chi connectivity index (χ4v) is 3.49. The highest BCUT2D eigenvalue weighted by molar-refractivity contribution is 9.10. The topological polar surface area (TPSA) is 85.1 Å². The first-order valence-corrected chi connectivity index (χ1v) is 8.50. The van der Waals surface area contributed by atoms with Crippen LogP contribution in [0.1, 0.15) is 10.7 Å². The van der Waals surface area contributed by atoms with Gasteiger partial charge in [-0.1, -0.05) is 0 Å². The first kappa shape index (κ1) is 14.4. The van der Waals surface area contributed by atoms with Crippen molar-refractivity contribution in [2.24, 2.45) is 0 Å². The number of aromatic nitrogens is 1. The molecule has 0 aliphatic carbocycles. The fourth-order valence-electron chi connectivity index (χ4n) is 1.41. The molecule has 0 saturated carbocycles. The third kappa shape index (κ3) is 3.53. The summed E-state index contributed by atoms with van der Waals surface area (Å²) in [6.45, 7) is 2.04. The monoisotopic (exact) mass is 361 g/mol. The lowest BCUT2D eigenvalue weighted by atomic mass is 10.3. The Kier molecular flexibility index (Phi) is 4.24. The van der Waals surface area contributed by atoms with Gasteiger partial charge < -0.3 is 5.73 Å². The highest BCUT2D eigenvalue weighted by atomic mass is 79.9. The average Bonchev–Trinajstić information content (AvgIpc) is 2.76. The van der Waals surface area contributed by atoms with E-state index in [4.69, 9.17) is 5.73 Å². The van der Waals surface area contributed by atoms with E-state index in [0.29, 0.717) is 10.2 Å². The number of sulfonamides is 1. The van der Waals surface area contributed by atoms with Gasteiger partial charge in [-0.15, -0.1) is 11.3 Å². The Balaban J connectivity index is 2.16. The van der Waals surface area contributed by atoms with E-state index in [1.807, 2.05) is 12.3 Å². The molecular formula is C11H12BrN3O2S2. The molecule has 0 spiro atoms. The van der Waals surface area contributed by atoms with Gasteiger partial charge in [0.2, 0.25) is 10.0 Å². The summed E-state index contributed by atoms with van der Waals surface area (Å²) in [7, 11) is -3.57. The number of nitrogens with zero attached hydrogens (tertiary/aromatic N) is 1. The van der Waals surface area contributed by atoms with Crippen LogP contribution in [0.25, 0.3) is 0 Å². The lowest BCUT2D eigenvalue weighted by Crippen LogP contribution is -2.23. The fraction of sp³-hybridized carbons (Fsp3) is 0.182. The minimum atomic E-state index is -3.57. The molecule has 19 heavy (non-hydrogen) atoms.